The maximum Gasteiger partial charge on any atom is 0.510 e. The van der Waals surface area contributed by atoms with Gasteiger partial charge < -0.3 is 48.9 Å². The SMILES string of the molecule is CC(C)OC(=O)OCOP(CO[C@H](C)CNc1ncnc(NP2OCCC(c3cccc(Cl)c3)O2)c1N)OCOC(=O)OC(C)C. The van der Waals surface area contributed by atoms with Crippen molar-refractivity contribution in [1.82, 2.24) is 9.97 Å². The van der Waals surface area contributed by atoms with Crippen LogP contribution in [0.15, 0.2) is 30.6 Å². The molecule has 0 spiro atoms. The highest BCUT2D eigenvalue weighted by atomic mass is 35.5. The van der Waals surface area contributed by atoms with Crippen molar-refractivity contribution in [2.75, 3.05) is 49.2 Å². The summed E-state index contributed by atoms with van der Waals surface area (Å²) in [5.74, 6) is 0.719. The van der Waals surface area contributed by atoms with Crippen LogP contribution >= 0.6 is 28.5 Å². The second-order valence-corrected chi connectivity index (χ2v) is 13.1. The number of nitrogens with one attached hydrogen (secondary N) is 2. The van der Waals surface area contributed by atoms with Gasteiger partial charge in [0, 0.05) is 18.0 Å². The van der Waals surface area contributed by atoms with Crippen LogP contribution in [0.4, 0.5) is 26.9 Å². The van der Waals surface area contributed by atoms with E-state index in [0.29, 0.717) is 29.7 Å². The molecule has 0 amide bonds. The van der Waals surface area contributed by atoms with Crippen molar-refractivity contribution >= 4 is 58.1 Å². The molecule has 4 N–H and O–H groups in total. The molecule has 1 saturated heterocycles. The molecule has 0 radical (unpaired) electrons. The second-order valence-electron chi connectivity index (χ2n) is 10.1. The molecule has 19 heteroatoms. The van der Waals surface area contributed by atoms with Crippen LogP contribution < -0.4 is 16.1 Å². The Hall–Kier alpha value is -2.81. The van der Waals surface area contributed by atoms with E-state index in [-0.39, 0.29) is 36.9 Å². The molecule has 1 aromatic carbocycles. The van der Waals surface area contributed by atoms with Crippen LogP contribution in [0.25, 0.3) is 0 Å². The number of rotatable bonds is 17. The summed E-state index contributed by atoms with van der Waals surface area (Å²) in [5, 5.41) is 6.89. The number of nitrogen functional groups attached to an aromatic ring is 1. The van der Waals surface area contributed by atoms with Crippen molar-refractivity contribution in [3.05, 3.63) is 41.2 Å². The number of aromatic nitrogens is 2. The fourth-order valence-corrected chi connectivity index (χ4v) is 5.86. The lowest BCUT2D eigenvalue weighted by Gasteiger charge is -2.29. The number of halogens is 1. The average molecular weight is 708 g/mol. The number of carbonyl (C=O) groups is 2. The van der Waals surface area contributed by atoms with Gasteiger partial charge in [0.25, 0.3) is 8.53 Å². The molecule has 0 aliphatic carbocycles. The first-order chi connectivity index (χ1) is 22.0. The summed E-state index contributed by atoms with van der Waals surface area (Å²) in [4.78, 5) is 31.8. The predicted octanol–water partition coefficient (Wildman–Crippen LogP) is 6.69. The van der Waals surface area contributed by atoms with Crippen molar-refractivity contribution in [2.24, 2.45) is 0 Å². The van der Waals surface area contributed by atoms with Gasteiger partial charge >= 0.3 is 12.3 Å². The first kappa shape index (κ1) is 37.6. The lowest BCUT2D eigenvalue weighted by Crippen LogP contribution is -2.22. The molecule has 1 fully saturated rings. The zero-order valence-corrected chi connectivity index (χ0v) is 28.7. The Bertz CT molecular complexity index is 1220. The standard InChI is InChI=1S/C27H40ClN5O11P2/c1-17(2)42-26(34)36-14-40-45(41-15-37-27(35)43-18(3)4)16-38-19(5)12-30-24-23(29)25(32-13-31-24)33-46-39-10-9-22(44-46)20-7-6-8-21(28)11-20/h6-8,11,13,17-19,22H,9-10,12,14-16,29H2,1-5H3,(H2,30,31,32,33)/t19-,22?,46?/m1/s1. The first-order valence-corrected chi connectivity index (χ1v) is 17.2. The van der Waals surface area contributed by atoms with Gasteiger partial charge in [-0.3, -0.25) is 9.05 Å². The molecule has 16 nitrogen and oxygen atoms in total. The molecule has 46 heavy (non-hydrogen) atoms. The maximum absolute atomic E-state index is 11.6. The van der Waals surface area contributed by atoms with E-state index in [0.717, 1.165) is 5.56 Å². The van der Waals surface area contributed by atoms with E-state index in [1.807, 2.05) is 24.3 Å². The van der Waals surface area contributed by atoms with Gasteiger partial charge in [0.2, 0.25) is 22.0 Å². The number of anilines is 3. The van der Waals surface area contributed by atoms with Crippen LogP contribution in [-0.4, -0.2) is 73.7 Å². The third-order valence-electron chi connectivity index (χ3n) is 5.55. The molecule has 2 heterocycles. The third kappa shape index (κ3) is 13.9. The van der Waals surface area contributed by atoms with Gasteiger partial charge in [-0.25, -0.2) is 19.6 Å². The monoisotopic (exact) mass is 707 g/mol. The highest BCUT2D eigenvalue weighted by molar-refractivity contribution is 7.49. The highest BCUT2D eigenvalue weighted by Crippen LogP contribution is 2.49. The van der Waals surface area contributed by atoms with Crippen molar-refractivity contribution < 1.29 is 51.4 Å². The summed E-state index contributed by atoms with van der Waals surface area (Å²) in [6.45, 7) is 8.36. The third-order valence-corrected chi connectivity index (χ3v) is 8.18. The Morgan fingerprint density at radius 1 is 1.07 bits per heavy atom. The number of carbonyl (C=O) groups excluding carboxylic acids is 2. The van der Waals surface area contributed by atoms with Crippen molar-refractivity contribution in [1.29, 1.82) is 0 Å². The van der Waals surface area contributed by atoms with Crippen LogP contribution in [0, 0.1) is 0 Å². The van der Waals surface area contributed by atoms with E-state index in [1.165, 1.54) is 6.33 Å². The number of nitrogens with two attached hydrogens (primary N) is 1. The largest absolute Gasteiger partial charge is 0.510 e. The molecular weight excluding hydrogens is 668 g/mol. The quantitative estimate of drug-likeness (QED) is 0.0893. The van der Waals surface area contributed by atoms with Crippen LogP contribution in [0.5, 0.6) is 0 Å². The van der Waals surface area contributed by atoms with Gasteiger partial charge in [-0.2, -0.15) is 0 Å². The summed E-state index contributed by atoms with van der Waals surface area (Å²) >= 11 is 6.14. The topological polar surface area (TPSA) is 193 Å². The molecule has 1 aliphatic heterocycles. The number of ether oxygens (including phenoxy) is 5. The smallest absolute Gasteiger partial charge is 0.432 e. The second kappa shape index (κ2) is 19.8. The van der Waals surface area contributed by atoms with E-state index in [1.54, 1.807) is 34.6 Å². The molecule has 1 aliphatic rings. The highest BCUT2D eigenvalue weighted by Gasteiger charge is 2.27. The molecule has 3 rings (SSSR count). The Kier molecular flexibility index (Phi) is 16.2. The number of hydrogen-bond donors (Lipinski definition) is 3. The lowest BCUT2D eigenvalue weighted by molar-refractivity contribution is -0.0281. The Labute approximate surface area is 275 Å². The van der Waals surface area contributed by atoms with Gasteiger partial charge in [0.15, 0.2) is 11.6 Å². The summed E-state index contributed by atoms with van der Waals surface area (Å²) in [5.41, 5.74) is 7.56. The fourth-order valence-electron chi connectivity index (χ4n) is 3.47. The summed E-state index contributed by atoms with van der Waals surface area (Å²) in [6.07, 6.45) is -1.13. The lowest BCUT2D eigenvalue weighted by atomic mass is 10.1. The summed E-state index contributed by atoms with van der Waals surface area (Å²) < 4.78 is 48.3. The van der Waals surface area contributed by atoms with Crippen LogP contribution in [-0.2, 0) is 41.8 Å². The van der Waals surface area contributed by atoms with Gasteiger partial charge in [-0.1, -0.05) is 23.7 Å². The molecule has 0 bridgehead atoms. The van der Waals surface area contributed by atoms with E-state index < -0.39 is 48.9 Å². The molecule has 3 atom stereocenters. The van der Waals surface area contributed by atoms with Crippen molar-refractivity contribution in [2.45, 2.75) is 65.5 Å². The van der Waals surface area contributed by atoms with Gasteiger partial charge in [0.1, 0.15) is 18.4 Å². The fraction of sp³-hybridized carbons (Fsp3) is 0.556. The van der Waals surface area contributed by atoms with Gasteiger partial charge in [-0.05, 0) is 52.3 Å². The van der Waals surface area contributed by atoms with Crippen LogP contribution in [0.3, 0.4) is 0 Å². The van der Waals surface area contributed by atoms with Crippen LogP contribution in [0.2, 0.25) is 5.02 Å². The number of benzene rings is 1. The molecular formula is C27H40ClN5O11P2. The minimum absolute atomic E-state index is 0.0534. The maximum atomic E-state index is 11.6. The summed E-state index contributed by atoms with van der Waals surface area (Å²) in [6, 6.07) is 7.51. The van der Waals surface area contributed by atoms with E-state index in [9.17, 15) is 9.59 Å². The van der Waals surface area contributed by atoms with E-state index in [4.69, 9.17) is 59.1 Å². The normalized spacial score (nSPS) is 17.1. The zero-order valence-electron chi connectivity index (χ0n) is 26.2. The van der Waals surface area contributed by atoms with Crippen molar-refractivity contribution in [3.8, 4) is 0 Å². The zero-order chi connectivity index (χ0) is 33.5. The Morgan fingerprint density at radius 2 is 1.72 bits per heavy atom. The molecule has 0 saturated carbocycles. The number of hydrogen-bond acceptors (Lipinski definition) is 16. The van der Waals surface area contributed by atoms with E-state index >= 15 is 0 Å². The molecule has 2 aromatic rings. The summed E-state index contributed by atoms with van der Waals surface area (Å²) in [7, 11) is -3.35. The predicted molar refractivity (Wildman–Crippen MR) is 171 cm³/mol. The minimum atomic E-state index is -1.81. The number of nitrogens with zero attached hydrogens (tertiary/aromatic N) is 2. The average Bonchev–Trinajstić information content (AvgIpc) is 2.99. The Morgan fingerprint density at radius 3 is 2.35 bits per heavy atom. The van der Waals surface area contributed by atoms with Crippen LogP contribution in [0.1, 0.15) is 52.7 Å². The molecule has 1 aromatic heterocycles. The van der Waals surface area contributed by atoms with Gasteiger partial charge in [-0.15, -0.1) is 0 Å². The van der Waals surface area contributed by atoms with Gasteiger partial charge in [0.05, 0.1) is 31.0 Å². The molecule has 2 unspecified atom stereocenters. The first-order valence-electron chi connectivity index (χ1n) is 14.3. The Balaban J connectivity index is 1.49. The molecule has 256 valence electrons. The van der Waals surface area contributed by atoms with Crippen molar-refractivity contribution in [3.63, 3.8) is 0 Å². The van der Waals surface area contributed by atoms with E-state index in [2.05, 4.69) is 20.4 Å². The minimum Gasteiger partial charge on any atom is -0.432 e.